The highest BCUT2D eigenvalue weighted by Crippen LogP contribution is 2.40. The van der Waals surface area contributed by atoms with Gasteiger partial charge in [-0.25, -0.2) is 4.79 Å². The standard InChI is InChI=1S/C34H43NO5/c1-19-20(2)22(4)29(23(5)21(19)3)18-39-30-12-11-27-24(6)28(33(37)40-32(27)25(30)7)16-31(36)35-15-14-34(38)13-9-8-10-26(34)17-35/h11-12,26,38H,8-10,13-18H2,1-7H3/t26-,34+/m0/s1. The van der Waals surface area contributed by atoms with E-state index in [0.717, 1.165) is 42.2 Å². The molecule has 1 N–H and O–H groups in total. The first-order chi connectivity index (χ1) is 18.9. The molecule has 1 aliphatic heterocycles. The number of rotatable bonds is 5. The SMILES string of the molecule is Cc1c(C)c(C)c(COc2ccc3c(C)c(CC(=O)N4CC[C@]5(O)CCCC[C@H]5C4)c(=O)oc3c2C)c(C)c1C. The van der Waals surface area contributed by atoms with Crippen LogP contribution >= 0.6 is 0 Å². The van der Waals surface area contributed by atoms with Crippen molar-refractivity contribution in [3.05, 3.63) is 72.6 Å². The maximum absolute atomic E-state index is 13.3. The number of benzene rings is 2. The van der Waals surface area contributed by atoms with E-state index in [-0.39, 0.29) is 18.2 Å². The number of piperidine rings is 1. The Balaban J connectivity index is 1.37. The molecule has 2 atom stereocenters. The zero-order valence-electron chi connectivity index (χ0n) is 25.1. The third-order valence-electron chi connectivity index (χ3n) is 10.3. The zero-order valence-corrected chi connectivity index (χ0v) is 25.1. The minimum atomic E-state index is -0.640. The lowest BCUT2D eigenvalue weighted by Gasteiger charge is -2.47. The van der Waals surface area contributed by atoms with Gasteiger partial charge in [-0.3, -0.25) is 4.79 Å². The zero-order chi connectivity index (χ0) is 28.9. The first-order valence-electron chi connectivity index (χ1n) is 14.7. The number of hydrogen-bond donors (Lipinski definition) is 1. The number of nitrogens with zero attached hydrogens (tertiary/aromatic N) is 1. The average Bonchev–Trinajstić information content (AvgIpc) is 2.93. The number of carbonyl (C=O) groups excluding carboxylic acids is 1. The van der Waals surface area contributed by atoms with Crippen LogP contribution in [0.1, 0.15) is 82.2 Å². The fourth-order valence-electron chi connectivity index (χ4n) is 6.94. The second-order valence-electron chi connectivity index (χ2n) is 12.3. The number of hydrogen-bond acceptors (Lipinski definition) is 5. The molecule has 0 unspecified atom stereocenters. The maximum Gasteiger partial charge on any atom is 0.340 e. The second kappa shape index (κ2) is 10.7. The molecule has 1 aromatic heterocycles. The molecule has 0 spiro atoms. The van der Waals surface area contributed by atoms with Crippen LogP contribution in [0.2, 0.25) is 0 Å². The number of carbonyl (C=O) groups is 1. The first kappa shape index (κ1) is 28.4. The molecule has 2 aromatic carbocycles. The minimum Gasteiger partial charge on any atom is -0.488 e. The highest BCUT2D eigenvalue weighted by Gasteiger charge is 2.43. The van der Waals surface area contributed by atoms with Crippen LogP contribution < -0.4 is 10.4 Å². The molecule has 3 aromatic rings. The van der Waals surface area contributed by atoms with Gasteiger partial charge in [-0.1, -0.05) is 12.8 Å². The lowest BCUT2D eigenvalue weighted by molar-refractivity contribution is -0.142. The molecular weight excluding hydrogens is 502 g/mol. The van der Waals surface area contributed by atoms with E-state index >= 15 is 0 Å². The Hall–Kier alpha value is -3.12. The van der Waals surface area contributed by atoms with E-state index in [2.05, 4.69) is 34.6 Å². The van der Waals surface area contributed by atoms with Crippen LogP contribution in [0.5, 0.6) is 5.75 Å². The summed E-state index contributed by atoms with van der Waals surface area (Å²) in [6.45, 7) is 16.1. The van der Waals surface area contributed by atoms with Crippen molar-refractivity contribution < 1.29 is 19.1 Å². The number of aliphatic hydroxyl groups is 1. The normalized spacial score (nSPS) is 21.0. The van der Waals surface area contributed by atoms with Crippen LogP contribution in [0.15, 0.2) is 21.3 Å². The summed E-state index contributed by atoms with van der Waals surface area (Å²) in [6.07, 6.45) is 4.53. The van der Waals surface area contributed by atoms with Gasteiger partial charge in [-0.05, 0) is 119 Å². The lowest BCUT2D eigenvalue weighted by atomic mass is 9.71. The van der Waals surface area contributed by atoms with Crippen LogP contribution in [0.25, 0.3) is 11.0 Å². The quantitative estimate of drug-likeness (QED) is 0.385. The summed E-state index contributed by atoms with van der Waals surface area (Å²) in [5, 5.41) is 11.8. The third kappa shape index (κ3) is 4.85. The summed E-state index contributed by atoms with van der Waals surface area (Å²) in [5.41, 5.74) is 8.95. The van der Waals surface area contributed by atoms with Crippen LogP contribution in [-0.2, 0) is 17.8 Å². The third-order valence-corrected chi connectivity index (χ3v) is 10.3. The van der Waals surface area contributed by atoms with Gasteiger partial charge in [-0.15, -0.1) is 0 Å². The Morgan fingerprint density at radius 3 is 2.30 bits per heavy atom. The molecule has 2 heterocycles. The van der Waals surface area contributed by atoms with Crippen molar-refractivity contribution in [3.63, 3.8) is 0 Å². The number of amides is 1. The Labute approximate surface area is 237 Å². The van der Waals surface area contributed by atoms with Gasteiger partial charge in [0.25, 0.3) is 0 Å². The molecule has 214 valence electrons. The summed E-state index contributed by atoms with van der Waals surface area (Å²) < 4.78 is 12.1. The molecule has 1 aliphatic carbocycles. The molecule has 6 nitrogen and oxygen atoms in total. The number of ether oxygens (including phenoxy) is 1. The fourth-order valence-corrected chi connectivity index (χ4v) is 6.94. The Kier molecular flexibility index (Phi) is 7.60. The van der Waals surface area contributed by atoms with E-state index in [1.165, 1.54) is 33.4 Å². The molecule has 1 saturated heterocycles. The average molecular weight is 546 g/mol. The van der Waals surface area contributed by atoms with Gasteiger partial charge < -0.3 is 19.2 Å². The summed E-state index contributed by atoms with van der Waals surface area (Å²) in [5.74, 6) is 0.727. The first-order valence-corrected chi connectivity index (χ1v) is 14.7. The largest absolute Gasteiger partial charge is 0.488 e. The molecule has 1 saturated carbocycles. The van der Waals surface area contributed by atoms with Crippen LogP contribution in [0.3, 0.4) is 0 Å². The molecule has 5 rings (SSSR count). The lowest BCUT2D eigenvalue weighted by Crippen LogP contribution is -2.55. The number of aryl methyl sites for hydroxylation is 2. The van der Waals surface area contributed by atoms with Gasteiger partial charge in [0.2, 0.25) is 5.91 Å². The van der Waals surface area contributed by atoms with Crippen LogP contribution in [-0.4, -0.2) is 34.6 Å². The minimum absolute atomic E-state index is 0.0111. The van der Waals surface area contributed by atoms with Gasteiger partial charge >= 0.3 is 5.63 Å². The molecule has 0 bridgehead atoms. The highest BCUT2D eigenvalue weighted by atomic mass is 16.5. The monoisotopic (exact) mass is 545 g/mol. The molecule has 6 heteroatoms. The van der Waals surface area contributed by atoms with E-state index < -0.39 is 11.2 Å². The van der Waals surface area contributed by atoms with Crippen molar-refractivity contribution >= 4 is 16.9 Å². The van der Waals surface area contributed by atoms with Gasteiger partial charge in [0.05, 0.1) is 17.6 Å². The van der Waals surface area contributed by atoms with E-state index in [4.69, 9.17) is 9.15 Å². The predicted octanol–water partition coefficient (Wildman–Crippen LogP) is 6.23. The Morgan fingerprint density at radius 2 is 1.60 bits per heavy atom. The second-order valence-corrected chi connectivity index (χ2v) is 12.3. The van der Waals surface area contributed by atoms with Crippen molar-refractivity contribution in [2.75, 3.05) is 13.1 Å². The topological polar surface area (TPSA) is 80.0 Å². The van der Waals surface area contributed by atoms with Crippen molar-refractivity contribution in [1.29, 1.82) is 0 Å². The predicted molar refractivity (Wildman–Crippen MR) is 158 cm³/mol. The molecular formula is C34H43NO5. The summed E-state index contributed by atoms with van der Waals surface area (Å²) in [7, 11) is 0. The van der Waals surface area contributed by atoms with Crippen molar-refractivity contribution in [2.24, 2.45) is 5.92 Å². The van der Waals surface area contributed by atoms with Gasteiger partial charge in [-0.2, -0.15) is 0 Å². The van der Waals surface area contributed by atoms with Crippen LogP contribution in [0.4, 0.5) is 0 Å². The van der Waals surface area contributed by atoms with Crippen LogP contribution in [0, 0.1) is 54.4 Å². The van der Waals surface area contributed by atoms with Gasteiger partial charge in [0.1, 0.15) is 17.9 Å². The van der Waals surface area contributed by atoms with E-state index in [0.29, 0.717) is 43.0 Å². The van der Waals surface area contributed by atoms with Crippen molar-refractivity contribution in [3.8, 4) is 5.75 Å². The van der Waals surface area contributed by atoms with E-state index in [1.807, 2.05) is 30.9 Å². The number of likely N-dealkylation sites (tertiary alicyclic amines) is 1. The summed E-state index contributed by atoms with van der Waals surface area (Å²) >= 11 is 0. The smallest absolute Gasteiger partial charge is 0.340 e. The fraction of sp³-hybridized carbons (Fsp3) is 0.529. The Morgan fingerprint density at radius 1 is 0.925 bits per heavy atom. The number of fused-ring (bicyclic) bond motifs is 2. The van der Waals surface area contributed by atoms with E-state index in [9.17, 15) is 14.7 Å². The van der Waals surface area contributed by atoms with E-state index in [1.54, 1.807) is 0 Å². The molecule has 1 amide bonds. The maximum atomic E-state index is 13.3. The summed E-state index contributed by atoms with van der Waals surface area (Å²) in [4.78, 5) is 28.3. The molecule has 40 heavy (non-hydrogen) atoms. The molecule has 2 fully saturated rings. The highest BCUT2D eigenvalue weighted by molar-refractivity contribution is 5.87. The van der Waals surface area contributed by atoms with Crippen molar-refractivity contribution in [1.82, 2.24) is 4.90 Å². The Bertz CT molecular complexity index is 1520. The molecule has 2 aliphatic rings. The molecule has 0 radical (unpaired) electrons. The van der Waals surface area contributed by atoms with Gasteiger partial charge in [0.15, 0.2) is 0 Å². The summed E-state index contributed by atoms with van der Waals surface area (Å²) in [6, 6.07) is 3.86. The van der Waals surface area contributed by atoms with Crippen molar-refractivity contribution in [2.45, 2.75) is 99.2 Å². The van der Waals surface area contributed by atoms with Gasteiger partial charge in [0, 0.05) is 30.0 Å².